The van der Waals surface area contributed by atoms with E-state index in [1.807, 2.05) is 5.32 Å². The third-order valence-electron chi connectivity index (χ3n) is 3.56. The SMILES string of the molecule is O=C(COc1cccc(-n2cnnn2)c1)NCC(=O)Nc1ccc(F)c(F)c1F. The van der Waals surface area contributed by atoms with Gasteiger partial charge in [-0.15, -0.1) is 5.10 Å². The van der Waals surface area contributed by atoms with Crippen LogP contribution < -0.4 is 15.4 Å². The molecule has 0 atom stereocenters. The lowest BCUT2D eigenvalue weighted by Gasteiger charge is -2.10. The molecule has 0 spiro atoms. The molecule has 3 rings (SSSR count). The van der Waals surface area contributed by atoms with E-state index >= 15 is 0 Å². The topological polar surface area (TPSA) is 111 Å². The number of amides is 2. The number of carbonyl (C=O) groups excluding carboxylic acids is 2. The highest BCUT2D eigenvalue weighted by molar-refractivity contribution is 5.94. The lowest BCUT2D eigenvalue weighted by molar-refractivity contribution is -0.125. The normalized spacial score (nSPS) is 10.4. The highest BCUT2D eigenvalue weighted by Crippen LogP contribution is 2.19. The van der Waals surface area contributed by atoms with Crippen LogP contribution in [0.25, 0.3) is 5.69 Å². The van der Waals surface area contributed by atoms with Crippen LogP contribution >= 0.6 is 0 Å². The number of aromatic nitrogens is 4. The fourth-order valence-corrected chi connectivity index (χ4v) is 2.19. The van der Waals surface area contributed by atoms with Crippen LogP contribution in [0, 0.1) is 17.5 Å². The van der Waals surface area contributed by atoms with E-state index in [0.717, 1.165) is 6.07 Å². The predicted molar refractivity (Wildman–Crippen MR) is 92.6 cm³/mol. The van der Waals surface area contributed by atoms with Crippen LogP contribution in [-0.4, -0.2) is 45.2 Å². The van der Waals surface area contributed by atoms with E-state index in [2.05, 4.69) is 20.8 Å². The maximum atomic E-state index is 13.5. The minimum atomic E-state index is -1.70. The highest BCUT2D eigenvalue weighted by Gasteiger charge is 2.15. The Balaban J connectivity index is 1.47. The molecule has 0 aliphatic carbocycles. The van der Waals surface area contributed by atoms with Gasteiger partial charge in [-0.1, -0.05) is 6.07 Å². The first-order valence-corrected chi connectivity index (χ1v) is 8.10. The Bertz CT molecular complexity index is 1030. The van der Waals surface area contributed by atoms with Crippen LogP contribution in [0.2, 0.25) is 0 Å². The Morgan fingerprint density at radius 1 is 1.07 bits per heavy atom. The van der Waals surface area contributed by atoms with Crippen LogP contribution in [0.3, 0.4) is 0 Å². The van der Waals surface area contributed by atoms with Crippen molar-refractivity contribution in [3.63, 3.8) is 0 Å². The molecule has 3 aromatic rings. The smallest absolute Gasteiger partial charge is 0.258 e. The molecule has 1 aromatic heterocycles. The molecule has 29 heavy (non-hydrogen) atoms. The van der Waals surface area contributed by atoms with Crippen LogP contribution in [0.1, 0.15) is 0 Å². The molecule has 2 aromatic carbocycles. The van der Waals surface area contributed by atoms with Gasteiger partial charge in [0.15, 0.2) is 24.1 Å². The van der Waals surface area contributed by atoms with Gasteiger partial charge < -0.3 is 15.4 Å². The number of benzene rings is 2. The fraction of sp³-hybridized carbons (Fsp3) is 0.118. The number of hydrogen-bond acceptors (Lipinski definition) is 6. The zero-order valence-electron chi connectivity index (χ0n) is 14.6. The van der Waals surface area contributed by atoms with Gasteiger partial charge in [-0.25, -0.2) is 17.9 Å². The fourth-order valence-electron chi connectivity index (χ4n) is 2.19. The number of hydrogen-bond donors (Lipinski definition) is 2. The Labute approximate surface area is 161 Å². The van der Waals surface area contributed by atoms with Gasteiger partial charge in [-0.3, -0.25) is 9.59 Å². The van der Waals surface area contributed by atoms with Crippen molar-refractivity contribution in [2.24, 2.45) is 0 Å². The maximum Gasteiger partial charge on any atom is 0.258 e. The average molecular weight is 406 g/mol. The van der Waals surface area contributed by atoms with Crippen molar-refractivity contribution in [1.29, 1.82) is 0 Å². The van der Waals surface area contributed by atoms with E-state index in [9.17, 15) is 22.8 Å². The van der Waals surface area contributed by atoms with Crippen LogP contribution in [0.4, 0.5) is 18.9 Å². The Kier molecular flexibility index (Phi) is 6.02. The van der Waals surface area contributed by atoms with E-state index in [1.54, 1.807) is 24.3 Å². The number of rotatable bonds is 7. The van der Waals surface area contributed by atoms with E-state index in [0.29, 0.717) is 17.5 Å². The monoisotopic (exact) mass is 406 g/mol. The van der Waals surface area contributed by atoms with Gasteiger partial charge in [0.05, 0.1) is 17.9 Å². The van der Waals surface area contributed by atoms with Crippen molar-refractivity contribution in [1.82, 2.24) is 25.5 Å². The van der Waals surface area contributed by atoms with E-state index in [4.69, 9.17) is 4.74 Å². The highest BCUT2D eigenvalue weighted by atomic mass is 19.2. The molecule has 12 heteroatoms. The quantitative estimate of drug-likeness (QED) is 0.571. The molecule has 0 saturated heterocycles. The Hall–Kier alpha value is -3.96. The number of halogens is 3. The third kappa shape index (κ3) is 5.06. The zero-order chi connectivity index (χ0) is 20.8. The van der Waals surface area contributed by atoms with E-state index < -0.39 is 48.1 Å². The lowest BCUT2D eigenvalue weighted by atomic mass is 10.2. The molecule has 150 valence electrons. The largest absolute Gasteiger partial charge is 0.484 e. The number of ether oxygens (including phenoxy) is 1. The second-order valence-electron chi connectivity index (χ2n) is 5.59. The summed E-state index contributed by atoms with van der Waals surface area (Å²) in [7, 11) is 0. The van der Waals surface area contributed by atoms with Crippen molar-refractivity contribution in [2.75, 3.05) is 18.5 Å². The molecule has 2 amide bonds. The number of tetrazole rings is 1. The predicted octanol–water partition coefficient (Wildman–Crippen LogP) is 1.21. The summed E-state index contributed by atoms with van der Waals surface area (Å²) in [6.07, 6.45) is 1.39. The lowest BCUT2D eigenvalue weighted by Crippen LogP contribution is -2.36. The molecule has 0 saturated carbocycles. The zero-order valence-corrected chi connectivity index (χ0v) is 14.6. The number of anilines is 1. The Morgan fingerprint density at radius 2 is 1.90 bits per heavy atom. The molecule has 1 heterocycles. The molecule has 9 nitrogen and oxygen atoms in total. The van der Waals surface area contributed by atoms with Gasteiger partial charge in [0.1, 0.15) is 12.1 Å². The van der Waals surface area contributed by atoms with Crippen LogP contribution in [-0.2, 0) is 9.59 Å². The van der Waals surface area contributed by atoms with Crippen molar-refractivity contribution < 1.29 is 27.5 Å². The van der Waals surface area contributed by atoms with Crippen molar-refractivity contribution >= 4 is 17.5 Å². The number of nitrogens with one attached hydrogen (secondary N) is 2. The van der Waals surface area contributed by atoms with Crippen molar-refractivity contribution in [3.05, 3.63) is 60.2 Å². The second kappa shape index (κ2) is 8.82. The molecule has 0 aliphatic rings. The summed E-state index contributed by atoms with van der Waals surface area (Å²) in [6.45, 7) is -0.919. The molecule has 0 aliphatic heterocycles. The summed E-state index contributed by atoms with van der Waals surface area (Å²) in [5.74, 6) is -5.71. The molecule has 0 unspecified atom stereocenters. The van der Waals surface area contributed by atoms with Gasteiger partial charge in [0.25, 0.3) is 5.91 Å². The first kappa shape index (κ1) is 19.8. The van der Waals surface area contributed by atoms with Gasteiger partial charge in [0.2, 0.25) is 5.91 Å². The van der Waals surface area contributed by atoms with E-state index in [1.165, 1.54) is 11.0 Å². The second-order valence-corrected chi connectivity index (χ2v) is 5.59. The van der Waals surface area contributed by atoms with E-state index in [-0.39, 0.29) is 0 Å². The summed E-state index contributed by atoms with van der Waals surface area (Å²) in [4.78, 5) is 23.6. The molecular weight excluding hydrogens is 393 g/mol. The van der Waals surface area contributed by atoms with Gasteiger partial charge in [-0.2, -0.15) is 0 Å². The molecule has 0 fully saturated rings. The molecule has 0 bridgehead atoms. The molecule has 2 N–H and O–H groups in total. The number of nitrogens with zero attached hydrogens (tertiary/aromatic N) is 4. The number of carbonyl (C=O) groups is 2. The summed E-state index contributed by atoms with van der Waals surface area (Å²) < 4.78 is 46.2. The summed E-state index contributed by atoms with van der Waals surface area (Å²) in [6, 6.07) is 8.15. The Morgan fingerprint density at radius 3 is 2.66 bits per heavy atom. The first-order chi connectivity index (χ1) is 13.9. The standard InChI is InChI=1S/C17H13F3N6O3/c18-12-4-5-13(17(20)16(12)19)23-14(27)7-21-15(28)8-29-11-3-1-2-10(6-11)26-9-22-24-25-26/h1-6,9H,7-8H2,(H,21,28)(H,23,27). The minimum Gasteiger partial charge on any atom is -0.484 e. The van der Waals surface area contributed by atoms with Crippen LogP contribution in [0.5, 0.6) is 5.75 Å². The molecule has 0 radical (unpaired) electrons. The minimum absolute atomic E-state index is 0.362. The maximum absolute atomic E-state index is 13.5. The van der Waals surface area contributed by atoms with Crippen LogP contribution in [0.15, 0.2) is 42.7 Å². The van der Waals surface area contributed by atoms with Gasteiger partial charge in [-0.05, 0) is 34.7 Å². The van der Waals surface area contributed by atoms with Gasteiger partial charge in [0, 0.05) is 6.07 Å². The van der Waals surface area contributed by atoms with Crippen molar-refractivity contribution in [3.8, 4) is 11.4 Å². The first-order valence-electron chi connectivity index (χ1n) is 8.10. The van der Waals surface area contributed by atoms with Crippen molar-refractivity contribution in [2.45, 2.75) is 0 Å². The van der Waals surface area contributed by atoms with Gasteiger partial charge >= 0.3 is 0 Å². The molecular formula is C17H13F3N6O3. The summed E-state index contributed by atoms with van der Waals surface area (Å²) in [5.41, 5.74) is 0.0691. The third-order valence-corrected chi connectivity index (χ3v) is 3.56. The summed E-state index contributed by atoms with van der Waals surface area (Å²) >= 11 is 0. The average Bonchev–Trinajstić information content (AvgIpc) is 3.26. The summed E-state index contributed by atoms with van der Waals surface area (Å²) in [5, 5.41) is 15.0.